The summed E-state index contributed by atoms with van der Waals surface area (Å²) >= 11 is 0. The summed E-state index contributed by atoms with van der Waals surface area (Å²) in [6, 6.07) is 4.98. The number of hydrogen-bond acceptors (Lipinski definition) is 3. The van der Waals surface area contributed by atoms with Crippen molar-refractivity contribution in [1.29, 1.82) is 0 Å². The van der Waals surface area contributed by atoms with Crippen LogP contribution in [-0.2, 0) is 6.42 Å². The molecule has 0 aliphatic carbocycles. The second kappa shape index (κ2) is 7.61. The maximum absolute atomic E-state index is 4.07. The van der Waals surface area contributed by atoms with Gasteiger partial charge in [-0.15, -0.1) is 0 Å². The molecule has 1 saturated heterocycles. The van der Waals surface area contributed by atoms with Crippen molar-refractivity contribution in [3.63, 3.8) is 0 Å². The van der Waals surface area contributed by atoms with Gasteiger partial charge < -0.3 is 10.2 Å². The molecule has 0 saturated carbocycles. The van der Waals surface area contributed by atoms with Gasteiger partial charge in [-0.2, -0.15) is 0 Å². The molecule has 1 aliphatic rings. The van der Waals surface area contributed by atoms with Crippen molar-refractivity contribution in [2.45, 2.75) is 39.2 Å². The Kier molecular flexibility index (Phi) is 5.80. The molecule has 2 rings (SSSR count). The fourth-order valence-corrected chi connectivity index (χ4v) is 3.09. The van der Waals surface area contributed by atoms with Crippen LogP contribution in [0.2, 0.25) is 0 Å². The fourth-order valence-electron chi connectivity index (χ4n) is 3.09. The van der Waals surface area contributed by atoms with Crippen LogP contribution < -0.4 is 5.32 Å². The minimum absolute atomic E-state index is 0.729. The number of nitrogens with zero attached hydrogens (tertiary/aromatic N) is 2. The Hall–Kier alpha value is -0.930. The number of hydrogen-bond donors (Lipinski definition) is 1. The summed E-state index contributed by atoms with van der Waals surface area (Å²) in [6.07, 6.45) is 7.50. The van der Waals surface area contributed by atoms with Crippen LogP contribution in [0.4, 0.5) is 0 Å². The van der Waals surface area contributed by atoms with E-state index in [1.165, 1.54) is 38.0 Å². The SMILES string of the molecule is CCNC1CCN(CCc2ccncc2)CC1CC. The summed E-state index contributed by atoms with van der Waals surface area (Å²) in [4.78, 5) is 6.70. The standard InChI is InChI=1S/C16H27N3/c1-3-15-13-19(12-8-16(15)18-4-2)11-7-14-5-9-17-10-6-14/h5-6,9-10,15-16,18H,3-4,7-8,11-13H2,1-2H3. The van der Waals surface area contributed by atoms with E-state index < -0.39 is 0 Å². The molecular formula is C16H27N3. The molecule has 2 unspecified atom stereocenters. The van der Waals surface area contributed by atoms with Gasteiger partial charge in [0.1, 0.15) is 0 Å². The van der Waals surface area contributed by atoms with Crippen LogP contribution in [0.25, 0.3) is 0 Å². The van der Waals surface area contributed by atoms with Gasteiger partial charge in [0.25, 0.3) is 0 Å². The lowest BCUT2D eigenvalue weighted by Crippen LogP contribution is -2.49. The first-order valence-corrected chi connectivity index (χ1v) is 7.68. The van der Waals surface area contributed by atoms with E-state index in [1.807, 2.05) is 12.4 Å². The third-order valence-corrected chi connectivity index (χ3v) is 4.27. The van der Waals surface area contributed by atoms with Gasteiger partial charge in [0.05, 0.1) is 0 Å². The number of rotatable bonds is 6. The van der Waals surface area contributed by atoms with Crippen molar-refractivity contribution in [3.05, 3.63) is 30.1 Å². The van der Waals surface area contributed by atoms with Crippen LogP contribution in [0.3, 0.4) is 0 Å². The molecule has 0 bridgehead atoms. The van der Waals surface area contributed by atoms with Crippen molar-refractivity contribution in [1.82, 2.24) is 15.2 Å². The average molecular weight is 261 g/mol. The highest BCUT2D eigenvalue weighted by Crippen LogP contribution is 2.20. The Balaban J connectivity index is 1.80. The molecule has 1 fully saturated rings. The highest BCUT2D eigenvalue weighted by atomic mass is 15.1. The summed E-state index contributed by atoms with van der Waals surface area (Å²) in [5.74, 6) is 0.811. The number of pyridine rings is 1. The van der Waals surface area contributed by atoms with E-state index in [2.05, 4.69) is 41.2 Å². The topological polar surface area (TPSA) is 28.2 Å². The zero-order valence-corrected chi connectivity index (χ0v) is 12.3. The molecule has 0 spiro atoms. The number of nitrogens with one attached hydrogen (secondary N) is 1. The van der Waals surface area contributed by atoms with Gasteiger partial charge in [-0.05, 0) is 49.5 Å². The second-order valence-corrected chi connectivity index (χ2v) is 5.53. The first-order chi connectivity index (χ1) is 9.33. The number of likely N-dealkylation sites (tertiary alicyclic amines) is 1. The highest BCUT2D eigenvalue weighted by molar-refractivity contribution is 5.10. The molecule has 2 atom stereocenters. The molecular weight excluding hydrogens is 234 g/mol. The quantitative estimate of drug-likeness (QED) is 0.852. The van der Waals surface area contributed by atoms with Gasteiger partial charge in [0.15, 0.2) is 0 Å². The first-order valence-electron chi connectivity index (χ1n) is 7.68. The van der Waals surface area contributed by atoms with E-state index in [0.29, 0.717) is 0 Å². The summed E-state index contributed by atoms with van der Waals surface area (Å²) in [7, 11) is 0. The normalized spacial score (nSPS) is 24.5. The molecule has 1 aromatic rings. The Morgan fingerprint density at radius 1 is 1.32 bits per heavy atom. The van der Waals surface area contributed by atoms with E-state index in [-0.39, 0.29) is 0 Å². The van der Waals surface area contributed by atoms with Crippen LogP contribution in [0.5, 0.6) is 0 Å². The van der Waals surface area contributed by atoms with Gasteiger partial charge >= 0.3 is 0 Å². The fraction of sp³-hybridized carbons (Fsp3) is 0.688. The van der Waals surface area contributed by atoms with Gasteiger partial charge in [0.2, 0.25) is 0 Å². The Bertz CT molecular complexity index is 352. The lowest BCUT2D eigenvalue weighted by Gasteiger charge is -2.38. The Morgan fingerprint density at radius 2 is 2.11 bits per heavy atom. The number of aromatic nitrogens is 1. The lowest BCUT2D eigenvalue weighted by molar-refractivity contribution is 0.137. The second-order valence-electron chi connectivity index (χ2n) is 5.53. The molecule has 2 heterocycles. The van der Waals surface area contributed by atoms with Crippen LogP contribution in [0, 0.1) is 5.92 Å². The molecule has 1 aliphatic heterocycles. The number of piperidine rings is 1. The van der Waals surface area contributed by atoms with Gasteiger partial charge in [-0.1, -0.05) is 20.3 Å². The monoisotopic (exact) mass is 261 g/mol. The molecule has 0 aromatic carbocycles. The van der Waals surface area contributed by atoms with Crippen LogP contribution in [0.1, 0.15) is 32.3 Å². The van der Waals surface area contributed by atoms with Crippen molar-refractivity contribution in [2.24, 2.45) is 5.92 Å². The molecule has 3 heteroatoms. The van der Waals surface area contributed by atoms with Crippen LogP contribution >= 0.6 is 0 Å². The van der Waals surface area contributed by atoms with E-state index in [9.17, 15) is 0 Å². The first kappa shape index (κ1) is 14.5. The maximum atomic E-state index is 4.07. The molecule has 0 amide bonds. The van der Waals surface area contributed by atoms with Crippen LogP contribution in [-0.4, -0.2) is 42.1 Å². The third-order valence-electron chi connectivity index (χ3n) is 4.27. The van der Waals surface area contributed by atoms with Gasteiger partial charge in [0, 0.05) is 31.5 Å². The largest absolute Gasteiger partial charge is 0.314 e. The highest BCUT2D eigenvalue weighted by Gasteiger charge is 2.26. The van der Waals surface area contributed by atoms with Crippen molar-refractivity contribution < 1.29 is 0 Å². The molecule has 1 N–H and O–H groups in total. The smallest absolute Gasteiger partial charge is 0.0270 e. The predicted octanol–water partition coefficient (Wildman–Crippen LogP) is 2.33. The van der Waals surface area contributed by atoms with E-state index in [0.717, 1.165) is 24.9 Å². The Labute approximate surface area is 117 Å². The van der Waals surface area contributed by atoms with E-state index >= 15 is 0 Å². The van der Waals surface area contributed by atoms with Crippen LogP contribution in [0.15, 0.2) is 24.5 Å². The van der Waals surface area contributed by atoms with Crippen molar-refractivity contribution >= 4 is 0 Å². The van der Waals surface area contributed by atoms with Crippen molar-refractivity contribution in [3.8, 4) is 0 Å². The van der Waals surface area contributed by atoms with Gasteiger partial charge in [-0.25, -0.2) is 0 Å². The van der Waals surface area contributed by atoms with Crippen molar-refractivity contribution in [2.75, 3.05) is 26.2 Å². The molecule has 3 nitrogen and oxygen atoms in total. The molecule has 106 valence electrons. The van der Waals surface area contributed by atoms with E-state index in [1.54, 1.807) is 0 Å². The minimum atomic E-state index is 0.729. The zero-order chi connectivity index (χ0) is 13.5. The zero-order valence-electron chi connectivity index (χ0n) is 12.3. The predicted molar refractivity (Wildman–Crippen MR) is 80.2 cm³/mol. The summed E-state index contributed by atoms with van der Waals surface area (Å²) in [6.45, 7) is 9.29. The average Bonchev–Trinajstić information content (AvgIpc) is 2.47. The Morgan fingerprint density at radius 3 is 2.79 bits per heavy atom. The summed E-state index contributed by atoms with van der Waals surface area (Å²) < 4.78 is 0. The third kappa shape index (κ3) is 4.29. The molecule has 0 radical (unpaired) electrons. The van der Waals surface area contributed by atoms with Gasteiger partial charge in [-0.3, -0.25) is 4.98 Å². The maximum Gasteiger partial charge on any atom is 0.0270 e. The summed E-state index contributed by atoms with van der Waals surface area (Å²) in [5.41, 5.74) is 1.40. The van der Waals surface area contributed by atoms with E-state index in [4.69, 9.17) is 0 Å². The molecule has 19 heavy (non-hydrogen) atoms. The minimum Gasteiger partial charge on any atom is -0.314 e. The lowest BCUT2D eigenvalue weighted by atomic mass is 9.89. The molecule has 1 aromatic heterocycles. The summed E-state index contributed by atoms with van der Waals surface area (Å²) in [5, 5.41) is 3.64.